The van der Waals surface area contributed by atoms with Crippen LogP contribution in [-0.2, 0) is 0 Å². The van der Waals surface area contributed by atoms with E-state index in [-0.39, 0.29) is 0 Å². The van der Waals surface area contributed by atoms with Gasteiger partial charge in [0.05, 0.1) is 17.7 Å². The van der Waals surface area contributed by atoms with Gasteiger partial charge in [-0.15, -0.1) is 0 Å². The summed E-state index contributed by atoms with van der Waals surface area (Å²) < 4.78 is 0. The molecule has 0 aromatic heterocycles. The van der Waals surface area contributed by atoms with Crippen LogP contribution in [0, 0.1) is 11.3 Å². The van der Waals surface area contributed by atoms with Gasteiger partial charge in [0.25, 0.3) is 0 Å². The molecule has 2 atom stereocenters. The third-order valence-electron chi connectivity index (χ3n) is 5.71. The number of nitriles is 1. The molecule has 25 heavy (non-hydrogen) atoms. The number of hydrogen-bond acceptors (Lipinski definition) is 5. The molecule has 0 saturated carbocycles. The Morgan fingerprint density at radius 3 is 2.40 bits per heavy atom. The predicted octanol–water partition coefficient (Wildman–Crippen LogP) is 1.69. The lowest BCUT2D eigenvalue weighted by Crippen LogP contribution is -2.52. The Labute approximate surface area is 151 Å². The molecule has 3 rings (SSSR count). The summed E-state index contributed by atoms with van der Waals surface area (Å²) in [6.45, 7) is 7.30. The third-order valence-corrected chi connectivity index (χ3v) is 5.71. The largest absolute Gasteiger partial charge is 0.387 e. The molecule has 1 N–H and O–H groups in total. The fourth-order valence-electron chi connectivity index (χ4n) is 3.96. The molecule has 1 aromatic carbocycles. The van der Waals surface area contributed by atoms with Gasteiger partial charge >= 0.3 is 0 Å². The summed E-state index contributed by atoms with van der Waals surface area (Å²) in [5, 5.41) is 19.3. The van der Waals surface area contributed by atoms with E-state index in [9.17, 15) is 5.11 Å². The first-order valence-electron chi connectivity index (χ1n) is 9.49. The van der Waals surface area contributed by atoms with Gasteiger partial charge in [0.2, 0.25) is 0 Å². The van der Waals surface area contributed by atoms with Crippen LogP contribution in [0.1, 0.15) is 36.5 Å². The van der Waals surface area contributed by atoms with Crippen molar-refractivity contribution in [3.63, 3.8) is 0 Å². The highest BCUT2D eigenvalue weighted by molar-refractivity contribution is 5.32. The van der Waals surface area contributed by atoms with Crippen molar-refractivity contribution in [2.45, 2.75) is 31.4 Å². The van der Waals surface area contributed by atoms with Crippen molar-refractivity contribution in [2.75, 3.05) is 52.9 Å². The topological polar surface area (TPSA) is 53.7 Å². The quantitative estimate of drug-likeness (QED) is 0.883. The molecule has 0 radical (unpaired) electrons. The van der Waals surface area contributed by atoms with Crippen LogP contribution in [0.2, 0.25) is 0 Å². The molecule has 2 heterocycles. The molecule has 0 spiro atoms. The second-order valence-corrected chi connectivity index (χ2v) is 7.48. The minimum atomic E-state index is -0.483. The van der Waals surface area contributed by atoms with E-state index in [1.807, 2.05) is 12.1 Å². The Balaban J connectivity index is 1.43. The number of nitrogens with zero attached hydrogens (tertiary/aromatic N) is 4. The molecular formula is C20H30N4O. The zero-order chi connectivity index (χ0) is 17.6. The number of likely N-dealkylation sites (N-methyl/N-ethyl adjacent to an activating group) is 1. The number of rotatable bonds is 5. The van der Waals surface area contributed by atoms with Gasteiger partial charge in [-0.25, -0.2) is 0 Å². The van der Waals surface area contributed by atoms with E-state index in [1.54, 1.807) is 12.1 Å². The second kappa shape index (κ2) is 8.77. The fraction of sp³-hybridized carbons (Fsp3) is 0.650. The Hall–Kier alpha value is -1.45. The Morgan fingerprint density at radius 2 is 1.76 bits per heavy atom. The van der Waals surface area contributed by atoms with Crippen molar-refractivity contribution >= 4 is 0 Å². The zero-order valence-corrected chi connectivity index (χ0v) is 15.3. The molecule has 5 heteroatoms. The van der Waals surface area contributed by atoms with Crippen molar-refractivity contribution in [3.05, 3.63) is 35.4 Å². The number of benzene rings is 1. The van der Waals surface area contributed by atoms with Gasteiger partial charge in [-0.3, -0.25) is 9.80 Å². The van der Waals surface area contributed by atoms with E-state index >= 15 is 0 Å². The van der Waals surface area contributed by atoms with Gasteiger partial charge in [0.1, 0.15) is 0 Å². The molecule has 2 unspecified atom stereocenters. The number of aliphatic hydroxyl groups is 1. The minimum absolute atomic E-state index is 0.483. The van der Waals surface area contributed by atoms with E-state index in [1.165, 1.54) is 32.4 Å². The maximum atomic E-state index is 10.5. The highest BCUT2D eigenvalue weighted by Crippen LogP contribution is 2.19. The first-order valence-corrected chi connectivity index (χ1v) is 9.49. The van der Waals surface area contributed by atoms with Crippen LogP contribution in [0.25, 0.3) is 0 Å². The molecule has 5 nitrogen and oxygen atoms in total. The molecule has 1 aromatic rings. The van der Waals surface area contributed by atoms with Crippen LogP contribution in [0.5, 0.6) is 0 Å². The molecule has 2 saturated heterocycles. The lowest BCUT2D eigenvalue weighted by Gasteiger charge is -2.40. The highest BCUT2D eigenvalue weighted by atomic mass is 16.3. The van der Waals surface area contributed by atoms with Crippen molar-refractivity contribution in [1.82, 2.24) is 14.7 Å². The van der Waals surface area contributed by atoms with Gasteiger partial charge in [-0.2, -0.15) is 5.26 Å². The molecule has 0 amide bonds. The number of β-amino-alcohol motifs (C(OH)–C–C–N with tert-alkyl or cyclic N) is 1. The van der Waals surface area contributed by atoms with E-state index in [4.69, 9.17) is 5.26 Å². The number of piperazine rings is 1. The Bertz CT molecular complexity index is 574. The van der Waals surface area contributed by atoms with Gasteiger partial charge in [0.15, 0.2) is 0 Å². The lowest BCUT2D eigenvalue weighted by atomic mass is 10.0. The lowest BCUT2D eigenvalue weighted by molar-refractivity contribution is 0.0552. The van der Waals surface area contributed by atoms with Crippen LogP contribution in [0.4, 0.5) is 0 Å². The number of piperidine rings is 1. The fourth-order valence-corrected chi connectivity index (χ4v) is 3.96. The van der Waals surface area contributed by atoms with Gasteiger partial charge in [-0.05, 0) is 44.1 Å². The van der Waals surface area contributed by atoms with Crippen LogP contribution < -0.4 is 0 Å². The monoisotopic (exact) mass is 342 g/mol. The molecular weight excluding hydrogens is 312 g/mol. The molecule has 2 aliphatic heterocycles. The Kier molecular flexibility index (Phi) is 6.44. The van der Waals surface area contributed by atoms with Crippen LogP contribution in [-0.4, -0.2) is 78.7 Å². The van der Waals surface area contributed by atoms with E-state index in [2.05, 4.69) is 27.8 Å². The molecule has 0 aliphatic carbocycles. The summed E-state index contributed by atoms with van der Waals surface area (Å²) >= 11 is 0. The van der Waals surface area contributed by atoms with E-state index in [0.29, 0.717) is 18.2 Å². The van der Waals surface area contributed by atoms with E-state index < -0.39 is 6.10 Å². The number of aliphatic hydroxyl groups excluding tert-OH is 1. The van der Waals surface area contributed by atoms with Gasteiger partial charge in [-0.1, -0.05) is 18.6 Å². The SMILES string of the molecule is CN1CCCCC1CN1CCN(CC(O)c2ccc(C#N)cc2)CC1. The molecule has 2 fully saturated rings. The third kappa shape index (κ3) is 5.02. The standard InChI is InChI=1S/C20H30N4O/c1-22-9-3-2-4-19(22)15-23-10-12-24(13-11-23)16-20(25)18-7-5-17(14-21)6-8-18/h5-8,19-20,25H,2-4,9-13,15-16H2,1H3. The molecule has 0 bridgehead atoms. The van der Waals surface area contributed by atoms with Crippen molar-refractivity contribution in [2.24, 2.45) is 0 Å². The maximum Gasteiger partial charge on any atom is 0.0991 e. The van der Waals surface area contributed by atoms with Gasteiger partial charge in [0, 0.05) is 45.3 Å². The van der Waals surface area contributed by atoms with Gasteiger partial charge < -0.3 is 10.0 Å². The van der Waals surface area contributed by atoms with Crippen molar-refractivity contribution in [3.8, 4) is 6.07 Å². The van der Waals surface area contributed by atoms with Crippen molar-refractivity contribution in [1.29, 1.82) is 5.26 Å². The summed E-state index contributed by atoms with van der Waals surface area (Å²) in [7, 11) is 2.26. The first-order chi connectivity index (χ1) is 12.2. The van der Waals surface area contributed by atoms with Crippen molar-refractivity contribution < 1.29 is 5.11 Å². The summed E-state index contributed by atoms with van der Waals surface area (Å²) in [6, 6.07) is 10.1. The summed E-state index contributed by atoms with van der Waals surface area (Å²) in [5.74, 6) is 0. The number of likely N-dealkylation sites (tertiary alicyclic amines) is 1. The predicted molar refractivity (Wildman–Crippen MR) is 99.3 cm³/mol. The average Bonchev–Trinajstić information content (AvgIpc) is 2.65. The zero-order valence-electron chi connectivity index (χ0n) is 15.3. The first kappa shape index (κ1) is 18.3. The minimum Gasteiger partial charge on any atom is -0.387 e. The van der Waals surface area contributed by atoms with Crippen LogP contribution >= 0.6 is 0 Å². The van der Waals surface area contributed by atoms with Crippen LogP contribution in [0.15, 0.2) is 24.3 Å². The molecule has 2 aliphatic rings. The van der Waals surface area contributed by atoms with Crippen LogP contribution in [0.3, 0.4) is 0 Å². The average molecular weight is 342 g/mol. The number of hydrogen-bond donors (Lipinski definition) is 1. The Morgan fingerprint density at radius 1 is 1.08 bits per heavy atom. The summed E-state index contributed by atoms with van der Waals surface area (Å²) in [5.41, 5.74) is 1.53. The normalized spacial score (nSPS) is 24.8. The molecule has 136 valence electrons. The summed E-state index contributed by atoms with van der Waals surface area (Å²) in [4.78, 5) is 7.45. The second-order valence-electron chi connectivity index (χ2n) is 7.48. The summed E-state index contributed by atoms with van der Waals surface area (Å²) in [6.07, 6.45) is 3.55. The maximum absolute atomic E-state index is 10.5. The van der Waals surface area contributed by atoms with E-state index in [0.717, 1.165) is 31.7 Å². The smallest absolute Gasteiger partial charge is 0.0991 e. The highest BCUT2D eigenvalue weighted by Gasteiger charge is 2.25.